The van der Waals surface area contributed by atoms with E-state index in [0.29, 0.717) is 4.90 Å². The first-order valence-electron chi connectivity index (χ1n) is 5.94. The number of hydrogen-bond donors (Lipinski definition) is 1. The summed E-state index contributed by atoms with van der Waals surface area (Å²) in [4.78, 5) is 4.58. The average Bonchev–Trinajstić information content (AvgIpc) is 2.39. The van der Waals surface area contributed by atoms with Crippen LogP contribution in [0.1, 0.15) is 18.7 Å². The molecule has 1 atom stereocenters. The van der Waals surface area contributed by atoms with Gasteiger partial charge in [-0.3, -0.25) is 4.98 Å². The Morgan fingerprint density at radius 2 is 1.95 bits per heavy atom. The SMILES string of the molecule is CC(Nc1cccc(S(C)(=O)=O)c1)c1ccccn1. The molecule has 0 radical (unpaired) electrons. The van der Waals surface area contributed by atoms with Crippen LogP contribution in [-0.2, 0) is 9.84 Å². The Kier molecular flexibility index (Phi) is 3.85. The standard InChI is InChI=1S/C14H16N2O2S/c1-11(14-8-3-4-9-15-14)16-12-6-5-7-13(10-12)19(2,17)18/h3-11,16H,1-2H3. The van der Waals surface area contributed by atoms with E-state index >= 15 is 0 Å². The van der Waals surface area contributed by atoms with Gasteiger partial charge in [0.05, 0.1) is 16.6 Å². The van der Waals surface area contributed by atoms with Crippen molar-refractivity contribution in [1.82, 2.24) is 4.98 Å². The number of hydrogen-bond acceptors (Lipinski definition) is 4. The Balaban J connectivity index is 2.20. The molecule has 1 N–H and O–H groups in total. The average molecular weight is 276 g/mol. The first-order valence-corrected chi connectivity index (χ1v) is 7.83. The lowest BCUT2D eigenvalue weighted by Gasteiger charge is -2.15. The van der Waals surface area contributed by atoms with Crippen LogP contribution in [-0.4, -0.2) is 19.7 Å². The molecule has 100 valence electrons. The summed E-state index contributed by atoms with van der Waals surface area (Å²) in [6.07, 6.45) is 2.94. The smallest absolute Gasteiger partial charge is 0.175 e. The van der Waals surface area contributed by atoms with Crippen molar-refractivity contribution in [2.75, 3.05) is 11.6 Å². The highest BCUT2D eigenvalue weighted by molar-refractivity contribution is 7.90. The molecule has 0 bridgehead atoms. The molecule has 5 heteroatoms. The third kappa shape index (κ3) is 3.54. The van der Waals surface area contributed by atoms with E-state index in [-0.39, 0.29) is 6.04 Å². The van der Waals surface area contributed by atoms with Crippen LogP contribution in [0.4, 0.5) is 5.69 Å². The van der Waals surface area contributed by atoms with E-state index in [1.54, 1.807) is 24.4 Å². The van der Waals surface area contributed by atoms with Gasteiger partial charge in [0, 0.05) is 18.1 Å². The number of nitrogens with one attached hydrogen (secondary N) is 1. The zero-order valence-corrected chi connectivity index (χ0v) is 11.7. The number of sulfone groups is 1. The van der Waals surface area contributed by atoms with Crippen molar-refractivity contribution in [2.45, 2.75) is 17.9 Å². The van der Waals surface area contributed by atoms with E-state index in [2.05, 4.69) is 10.3 Å². The zero-order valence-electron chi connectivity index (χ0n) is 10.9. The number of benzene rings is 1. The number of aromatic nitrogens is 1. The molecule has 0 aliphatic rings. The maximum absolute atomic E-state index is 11.5. The second kappa shape index (κ2) is 5.40. The zero-order chi connectivity index (χ0) is 13.9. The Morgan fingerprint density at radius 1 is 1.16 bits per heavy atom. The normalized spacial score (nSPS) is 12.9. The molecular formula is C14H16N2O2S. The number of nitrogens with zero attached hydrogens (tertiary/aromatic N) is 1. The number of pyridine rings is 1. The van der Waals surface area contributed by atoms with Gasteiger partial charge in [0.2, 0.25) is 0 Å². The van der Waals surface area contributed by atoms with Gasteiger partial charge in [-0.1, -0.05) is 12.1 Å². The summed E-state index contributed by atoms with van der Waals surface area (Å²) < 4.78 is 23.0. The summed E-state index contributed by atoms with van der Waals surface area (Å²) in [6.45, 7) is 1.98. The van der Waals surface area contributed by atoms with Crippen LogP contribution in [0.5, 0.6) is 0 Å². The molecule has 1 aromatic heterocycles. The molecule has 19 heavy (non-hydrogen) atoms. The van der Waals surface area contributed by atoms with Gasteiger partial charge in [-0.2, -0.15) is 0 Å². The largest absolute Gasteiger partial charge is 0.377 e. The van der Waals surface area contributed by atoms with Crippen molar-refractivity contribution in [2.24, 2.45) is 0 Å². The van der Waals surface area contributed by atoms with E-state index in [1.165, 1.54) is 6.26 Å². The molecule has 0 fully saturated rings. The van der Waals surface area contributed by atoms with Crippen LogP contribution >= 0.6 is 0 Å². The molecule has 0 saturated heterocycles. The minimum absolute atomic E-state index is 0.0102. The maximum Gasteiger partial charge on any atom is 0.175 e. The van der Waals surface area contributed by atoms with Crippen molar-refractivity contribution in [3.63, 3.8) is 0 Å². The molecule has 4 nitrogen and oxygen atoms in total. The van der Waals surface area contributed by atoms with Gasteiger partial charge in [0.25, 0.3) is 0 Å². The number of rotatable bonds is 4. The Labute approximate surface area is 113 Å². The second-order valence-corrected chi connectivity index (χ2v) is 6.44. The van der Waals surface area contributed by atoms with Gasteiger partial charge in [0.15, 0.2) is 9.84 Å². The molecule has 0 aliphatic carbocycles. The van der Waals surface area contributed by atoms with E-state index in [9.17, 15) is 8.42 Å². The maximum atomic E-state index is 11.5. The fraction of sp³-hybridized carbons (Fsp3) is 0.214. The van der Waals surface area contributed by atoms with Crippen LogP contribution in [0.3, 0.4) is 0 Å². The van der Waals surface area contributed by atoms with Gasteiger partial charge < -0.3 is 5.32 Å². The third-order valence-electron chi connectivity index (χ3n) is 2.78. The Morgan fingerprint density at radius 3 is 2.58 bits per heavy atom. The summed E-state index contributed by atoms with van der Waals surface area (Å²) in [5.74, 6) is 0. The van der Waals surface area contributed by atoms with Crippen molar-refractivity contribution in [1.29, 1.82) is 0 Å². The van der Waals surface area contributed by atoms with Gasteiger partial charge in [-0.15, -0.1) is 0 Å². The van der Waals surface area contributed by atoms with Crippen LogP contribution in [0.25, 0.3) is 0 Å². The molecule has 1 heterocycles. The first-order chi connectivity index (χ1) is 8.97. The molecule has 1 aromatic carbocycles. The van der Waals surface area contributed by atoms with Gasteiger partial charge in [-0.05, 0) is 37.3 Å². The highest BCUT2D eigenvalue weighted by Gasteiger charge is 2.10. The summed E-state index contributed by atoms with van der Waals surface area (Å²) in [7, 11) is -3.18. The Bertz CT molecular complexity index is 654. The van der Waals surface area contributed by atoms with Crippen LogP contribution < -0.4 is 5.32 Å². The lowest BCUT2D eigenvalue weighted by Crippen LogP contribution is -2.08. The summed E-state index contributed by atoms with van der Waals surface area (Å²) >= 11 is 0. The van der Waals surface area contributed by atoms with Gasteiger partial charge in [-0.25, -0.2) is 8.42 Å². The molecule has 0 spiro atoms. The van der Waals surface area contributed by atoms with Gasteiger partial charge in [0.1, 0.15) is 0 Å². The fourth-order valence-electron chi connectivity index (χ4n) is 1.77. The quantitative estimate of drug-likeness (QED) is 0.932. The molecule has 0 aliphatic heterocycles. The summed E-state index contributed by atoms with van der Waals surface area (Å²) in [5.41, 5.74) is 1.67. The third-order valence-corrected chi connectivity index (χ3v) is 3.89. The van der Waals surface area contributed by atoms with Crippen molar-refractivity contribution < 1.29 is 8.42 Å². The second-order valence-electron chi connectivity index (χ2n) is 4.42. The van der Waals surface area contributed by atoms with Crippen LogP contribution in [0.2, 0.25) is 0 Å². The van der Waals surface area contributed by atoms with Gasteiger partial charge >= 0.3 is 0 Å². The predicted molar refractivity (Wildman–Crippen MR) is 75.8 cm³/mol. The minimum Gasteiger partial charge on any atom is -0.377 e. The van der Waals surface area contributed by atoms with E-state index in [0.717, 1.165) is 11.4 Å². The number of anilines is 1. The lowest BCUT2D eigenvalue weighted by molar-refractivity contribution is 0.602. The monoisotopic (exact) mass is 276 g/mol. The van der Waals surface area contributed by atoms with Crippen molar-refractivity contribution in [3.8, 4) is 0 Å². The minimum atomic E-state index is -3.18. The molecule has 1 unspecified atom stereocenters. The van der Waals surface area contributed by atoms with Crippen molar-refractivity contribution in [3.05, 3.63) is 54.4 Å². The first kappa shape index (κ1) is 13.5. The molecule has 0 amide bonds. The Hall–Kier alpha value is -1.88. The van der Waals surface area contributed by atoms with E-state index in [4.69, 9.17) is 0 Å². The molecule has 2 aromatic rings. The molecule has 2 rings (SSSR count). The fourth-order valence-corrected chi connectivity index (χ4v) is 2.44. The molecule has 0 saturated carbocycles. The summed E-state index contributed by atoms with van der Waals surface area (Å²) in [5, 5.41) is 3.24. The van der Waals surface area contributed by atoms with Crippen molar-refractivity contribution >= 4 is 15.5 Å². The van der Waals surface area contributed by atoms with Crippen LogP contribution in [0.15, 0.2) is 53.6 Å². The van der Waals surface area contributed by atoms with Crippen LogP contribution in [0, 0.1) is 0 Å². The topological polar surface area (TPSA) is 59.1 Å². The highest BCUT2D eigenvalue weighted by atomic mass is 32.2. The lowest BCUT2D eigenvalue weighted by atomic mass is 10.2. The van der Waals surface area contributed by atoms with E-state index in [1.807, 2.05) is 31.2 Å². The highest BCUT2D eigenvalue weighted by Crippen LogP contribution is 2.20. The van der Waals surface area contributed by atoms with E-state index < -0.39 is 9.84 Å². The molecular weight excluding hydrogens is 260 g/mol. The summed E-state index contributed by atoms with van der Waals surface area (Å²) in [6, 6.07) is 12.5. The predicted octanol–water partition coefficient (Wildman–Crippen LogP) is 2.66.